The second-order valence-electron chi connectivity index (χ2n) is 8.43. The lowest BCUT2D eigenvalue weighted by Crippen LogP contribution is -2.28. The first kappa shape index (κ1) is 26.8. The molecule has 2 rings (SSSR count). The molecule has 9 heteroatoms. The number of amides is 1. The number of sulfonamides is 1. The highest BCUT2D eigenvalue weighted by atomic mass is 32.2. The molecule has 1 aromatic rings. The Morgan fingerprint density at radius 1 is 1.27 bits per heavy atom. The van der Waals surface area contributed by atoms with Crippen molar-refractivity contribution in [2.24, 2.45) is 17.0 Å². The van der Waals surface area contributed by atoms with E-state index >= 15 is 0 Å². The zero-order valence-corrected chi connectivity index (χ0v) is 19.7. The Labute approximate surface area is 195 Å². The fourth-order valence-corrected chi connectivity index (χ4v) is 4.48. The Bertz CT molecular complexity index is 943. The van der Waals surface area contributed by atoms with Gasteiger partial charge in [0.2, 0.25) is 15.9 Å². The molecule has 8 nitrogen and oxygen atoms in total. The molecule has 0 saturated heterocycles. The number of carbonyl (C=O) groups excluding carboxylic acids is 1. The van der Waals surface area contributed by atoms with E-state index in [1.807, 2.05) is 53.3 Å². The molecule has 0 aliphatic heterocycles. The van der Waals surface area contributed by atoms with Crippen LogP contribution in [-0.2, 0) is 21.2 Å². The number of aryl methyl sites for hydroxylation is 1. The number of rotatable bonds is 12. The van der Waals surface area contributed by atoms with Crippen LogP contribution in [0.15, 0.2) is 59.8 Å². The van der Waals surface area contributed by atoms with E-state index in [0.717, 1.165) is 18.2 Å². The third-order valence-corrected chi connectivity index (χ3v) is 6.25. The van der Waals surface area contributed by atoms with E-state index in [9.17, 15) is 28.6 Å². The summed E-state index contributed by atoms with van der Waals surface area (Å²) in [5, 5.41) is 33.5. The molecule has 0 heterocycles. The predicted molar refractivity (Wildman–Crippen MR) is 127 cm³/mol. The fourth-order valence-electron chi connectivity index (χ4n) is 3.97. The minimum Gasteiger partial charge on any atom is -0.411 e. The van der Waals surface area contributed by atoms with Gasteiger partial charge in [-0.15, -0.1) is 0 Å². The third kappa shape index (κ3) is 9.89. The van der Waals surface area contributed by atoms with Gasteiger partial charge in [-0.3, -0.25) is 9.52 Å². The van der Waals surface area contributed by atoms with Crippen molar-refractivity contribution in [1.82, 2.24) is 4.72 Å². The molecule has 1 aliphatic rings. The van der Waals surface area contributed by atoms with Crippen molar-refractivity contribution in [2.75, 3.05) is 6.26 Å². The van der Waals surface area contributed by atoms with Gasteiger partial charge in [0.15, 0.2) is 0 Å². The van der Waals surface area contributed by atoms with E-state index < -0.39 is 28.1 Å². The second kappa shape index (κ2) is 13.3. The van der Waals surface area contributed by atoms with Crippen LogP contribution in [0, 0.1) is 11.8 Å². The number of nitrogens with one attached hydrogen (secondary N) is 1. The lowest BCUT2D eigenvalue weighted by molar-refractivity contribution is -0.119. The number of unbranched alkanes of at least 4 members (excludes halogenated alkanes) is 1. The first-order chi connectivity index (χ1) is 15.7. The molecule has 1 fully saturated rings. The van der Waals surface area contributed by atoms with Crippen molar-refractivity contribution in [1.29, 1.82) is 0 Å². The maximum absolute atomic E-state index is 11.5. The normalized spacial score (nSPS) is 23.5. The number of hydrogen-bond acceptors (Lipinski definition) is 7. The van der Waals surface area contributed by atoms with E-state index in [-0.39, 0.29) is 24.7 Å². The minimum absolute atomic E-state index is 0.108. The van der Waals surface area contributed by atoms with E-state index in [0.29, 0.717) is 31.4 Å². The van der Waals surface area contributed by atoms with Crippen molar-refractivity contribution in [2.45, 2.75) is 57.2 Å². The molecule has 0 bridgehead atoms. The zero-order chi connectivity index (χ0) is 24.3. The summed E-state index contributed by atoms with van der Waals surface area (Å²) in [4.78, 5) is 11.5. The highest BCUT2D eigenvalue weighted by Crippen LogP contribution is 2.34. The fraction of sp³-hybridized carbons (Fsp3) is 0.500. The highest BCUT2D eigenvalue weighted by Gasteiger charge is 2.38. The molecule has 0 radical (unpaired) electrons. The molecule has 4 N–H and O–H groups in total. The maximum atomic E-state index is 11.5. The van der Waals surface area contributed by atoms with Gasteiger partial charge in [0.05, 0.1) is 24.2 Å². The lowest BCUT2D eigenvalue weighted by atomic mass is 9.89. The van der Waals surface area contributed by atoms with Crippen molar-refractivity contribution < 1.29 is 28.6 Å². The van der Waals surface area contributed by atoms with E-state index in [4.69, 9.17) is 0 Å². The first-order valence-electron chi connectivity index (χ1n) is 11.1. The van der Waals surface area contributed by atoms with Crippen molar-refractivity contribution in [3.8, 4) is 0 Å². The van der Waals surface area contributed by atoms with Crippen LogP contribution in [-0.4, -0.2) is 53.9 Å². The average molecular weight is 479 g/mol. The summed E-state index contributed by atoms with van der Waals surface area (Å²) in [5.41, 5.74) is 1.64. The topological polar surface area (TPSA) is 136 Å². The van der Waals surface area contributed by atoms with Gasteiger partial charge in [0, 0.05) is 24.7 Å². The number of allylic oxidation sites excluding steroid dienone is 3. The Kier molecular flexibility index (Phi) is 10.8. The number of oxime groups is 1. The number of hydrogen-bond donors (Lipinski definition) is 4. The Hall–Kier alpha value is -2.49. The van der Waals surface area contributed by atoms with Gasteiger partial charge in [0.25, 0.3) is 0 Å². The number of nitrogens with zero attached hydrogens (tertiary/aromatic N) is 1. The molecule has 33 heavy (non-hydrogen) atoms. The number of aliphatic hydroxyl groups is 2. The molecule has 1 aromatic carbocycles. The number of carbonyl (C=O) groups is 1. The lowest BCUT2D eigenvalue weighted by Gasteiger charge is -2.18. The number of benzene rings is 1. The Balaban J connectivity index is 1.84. The first-order valence-corrected chi connectivity index (χ1v) is 13.0. The zero-order valence-electron chi connectivity index (χ0n) is 18.9. The van der Waals surface area contributed by atoms with Crippen LogP contribution in [0.5, 0.6) is 0 Å². The largest absolute Gasteiger partial charge is 0.411 e. The van der Waals surface area contributed by atoms with Crippen LogP contribution in [0.25, 0.3) is 0 Å². The van der Waals surface area contributed by atoms with E-state index in [1.165, 1.54) is 0 Å². The van der Waals surface area contributed by atoms with Gasteiger partial charge < -0.3 is 15.4 Å². The Morgan fingerprint density at radius 2 is 2.00 bits per heavy atom. The molecule has 0 spiro atoms. The van der Waals surface area contributed by atoms with Gasteiger partial charge in [0.1, 0.15) is 0 Å². The second-order valence-corrected chi connectivity index (χ2v) is 10.2. The quantitative estimate of drug-likeness (QED) is 0.158. The van der Waals surface area contributed by atoms with Crippen LogP contribution in [0.2, 0.25) is 0 Å². The van der Waals surface area contributed by atoms with Gasteiger partial charge >= 0.3 is 0 Å². The molecule has 4 unspecified atom stereocenters. The molecular weight excluding hydrogens is 444 g/mol. The summed E-state index contributed by atoms with van der Waals surface area (Å²) in [6.45, 7) is 0. The highest BCUT2D eigenvalue weighted by molar-refractivity contribution is 7.89. The van der Waals surface area contributed by atoms with Gasteiger partial charge in [-0.25, -0.2) is 8.42 Å². The Morgan fingerprint density at radius 3 is 2.67 bits per heavy atom. The van der Waals surface area contributed by atoms with Crippen LogP contribution >= 0.6 is 0 Å². The van der Waals surface area contributed by atoms with Crippen LogP contribution < -0.4 is 4.72 Å². The molecule has 4 atom stereocenters. The van der Waals surface area contributed by atoms with Crippen molar-refractivity contribution in [3.05, 3.63) is 60.2 Å². The summed E-state index contributed by atoms with van der Waals surface area (Å²) in [7, 11) is -3.53. The maximum Gasteiger partial charge on any atom is 0.233 e. The van der Waals surface area contributed by atoms with Crippen LogP contribution in [0.4, 0.5) is 0 Å². The summed E-state index contributed by atoms with van der Waals surface area (Å²) in [5.74, 6) is -0.989. The summed E-state index contributed by atoms with van der Waals surface area (Å²) >= 11 is 0. The molecule has 0 aromatic heterocycles. The van der Waals surface area contributed by atoms with E-state index in [2.05, 4.69) is 5.16 Å². The smallest absolute Gasteiger partial charge is 0.233 e. The van der Waals surface area contributed by atoms with Crippen molar-refractivity contribution >= 4 is 21.6 Å². The summed E-state index contributed by atoms with van der Waals surface area (Å²) < 4.78 is 24.0. The SMILES string of the molecule is CS(=O)(=O)NC(=O)CCC/C=C\CC1C(O)C/C(=N/O)C1/C=C/C(O)CCc1ccccc1. The monoisotopic (exact) mass is 478 g/mol. The summed E-state index contributed by atoms with van der Waals surface area (Å²) in [6.07, 6.45) is 10.3. The number of aliphatic hydroxyl groups excluding tert-OH is 2. The van der Waals surface area contributed by atoms with Gasteiger partial charge in [-0.05, 0) is 37.7 Å². The van der Waals surface area contributed by atoms with Gasteiger partial charge in [-0.2, -0.15) is 0 Å². The van der Waals surface area contributed by atoms with E-state index in [1.54, 1.807) is 6.08 Å². The van der Waals surface area contributed by atoms with Crippen LogP contribution in [0.1, 0.15) is 44.1 Å². The molecule has 182 valence electrons. The molecular formula is C24H34N2O6S. The van der Waals surface area contributed by atoms with Gasteiger partial charge in [-0.1, -0.05) is 59.8 Å². The van der Waals surface area contributed by atoms with Crippen molar-refractivity contribution in [3.63, 3.8) is 0 Å². The van der Waals surface area contributed by atoms with Crippen LogP contribution in [0.3, 0.4) is 0 Å². The third-order valence-electron chi connectivity index (χ3n) is 5.65. The average Bonchev–Trinajstić information content (AvgIpc) is 3.07. The predicted octanol–water partition coefficient (Wildman–Crippen LogP) is 2.56. The minimum atomic E-state index is -3.53. The molecule has 1 amide bonds. The molecule has 1 aliphatic carbocycles. The standard InChI is InChI=1S/C24H34N2O6S/c1-33(31,32)26-24(29)12-8-3-2-7-11-21-20(22(25-30)17-23(21)28)16-15-19(27)14-13-18-9-5-4-6-10-18/h2,4-7,9-10,15-16,19-21,23,27-28,30H,3,8,11-14,17H2,1H3,(H,26,29)/b7-2-,16-15+,25-22-. The summed E-state index contributed by atoms with van der Waals surface area (Å²) in [6, 6.07) is 9.90. The molecule has 1 saturated carbocycles.